The van der Waals surface area contributed by atoms with Crippen molar-refractivity contribution in [3.63, 3.8) is 0 Å². The number of nitrogens with one attached hydrogen (secondary N) is 1. The van der Waals surface area contributed by atoms with Gasteiger partial charge in [-0.15, -0.1) is 0 Å². The van der Waals surface area contributed by atoms with E-state index in [-0.39, 0.29) is 11.9 Å². The first kappa shape index (κ1) is 12.6. The number of thioether (sulfide) groups is 1. The molecular formula is C12H16F2N2S. The number of rotatable bonds is 4. The quantitative estimate of drug-likeness (QED) is 0.895. The molecule has 1 saturated carbocycles. The lowest BCUT2D eigenvalue weighted by molar-refractivity contribution is 0.572. The molecule has 17 heavy (non-hydrogen) atoms. The summed E-state index contributed by atoms with van der Waals surface area (Å²) in [6, 6.07) is 1.11. The first-order valence-corrected chi connectivity index (χ1v) is 6.94. The fraction of sp³-hybridized carbons (Fsp3) is 0.583. The van der Waals surface area contributed by atoms with Gasteiger partial charge in [0.2, 0.25) is 0 Å². The van der Waals surface area contributed by atoms with E-state index in [1.54, 1.807) is 0 Å². The molecule has 1 aliphatic rings. The predicted octanol–water partition coefficient (Wildman–Crippen LogP) is 3.45. The molecule has 0 bridgehead atoms. The maximum Gasteiger partial charge on any atom is 0.168 e. The van der Waals surface area contributed by atoms with Crippen LogP contribution in [-0.4, -0.2) is 22.0 Å². The zero-order valence-corrected chi connectivity index (χ0v) is 10.6. The summed E-state index contributed by atoms with van der Waals surface area (Å²) in [5, 5.41) is 3.60. The van der Waals surface area contributed by atoms with Crippen LogP contribution in [0, 0.1) is 11.6 Å². The smallest absolute Gasteiger partial charge is 0.168 e. The SMILES string of the molecule is CCSC1CCCC1Nc1ncc(F)cc1F. The van der Waals surface area contributed by atoms with Gasteiger partial charge < -0.3 is 5.32 Å². The molecule has 0 radical (unpaired) electrons. The minimum absolute atomic E-state index is 0.167. The Morgan fingerprint density at radius 3 is 3.00 bits per heavy atom. The maximum atomic E-state index is 13.4. The number of halogens is 2. The minimum atomic E-state index is -0.640. The Morgan fingerprint density at radius 2 is 2.29 bits per heavy atom. The third kappa shape index (κ3) is 3.09. The van der Waals surface area contributed by atoms with Gasteiger partial charge in [0.25, 0.3) is 0 Å². The second-order valence-electron chi connectivity index (χ2n) is 4.16. The second-order valence-corrected chi connectivity index (χ2v) is 5.68. The van der Waals surface area contributed by atoms with Crippen molar-refractivity contribution in [2.45, 2.75) is 37.5 Å². The Balaban J connectivity index is 2.04. The Labute approximate surface area is 104 Å². The molecule has 94 valence electrons. The highest BCUT2D eigenvalue weighted by Gasteiger charge is 2.27. The molecule has 0 aromatic carbocycles. The van der Waals surface area contributed by atoms with Crippen LogP contribution in [0.1, 0.15) is 26.2 Å². The molecule has 2 atom stereocenters. The van der Waals surface area contributed by atoms with Gasteiger partial charge in [-0.25, -0.2) is 13.8 Å². The Hall–Kier alpha value is -0.840. The molecule has 1 N–H and O–H groups in total. The zero-order valence-electron chi connectivity index (χ0n) is 9.75. The summed E-state index contributed by atoms with van der Waals surface area (Å²) >= 11 is 1.89. The van der Waals surface area contributed by atoms with E-state index in [4.69, 9.17) is 0 Å². The van der Waals surface area contributed by atoms with Gasteiger partial charge in [-0.2, -0.15) is 11.8 Å². The van der Waals surface area contributed by atoms with Crippen LogP contribution in [0.25, 0.3) is 0 Å². The fourth-order valence-corrected chi connectivity index (χ4v) is 3.40. The van der Waals surface area contributed by atoms with Crippen LogP contribution in [0.15, 0.2) is 12.3 Å². The first-order chi connectivity index (χ1) is 8.20. The summed E-state index contributed by atoms with van der Waals surface area (Å²) < 4.78 is 26.2. The molecule has 1 aromatic rings. The summed E-state index contributed by atoms with van der Waals surface area (Å²) in [7, 11) is 0. The number of anilines is 1. The van der Waals surface area contributed by atoms with Crippen LogP contribution in [0.4, 0.5) is 14.6 Å². The van der Waals surface area contributed by atoms with E-state index >= 15 is 0 Å². The number of aromatic nitrogens is 1. The normalized spacial score (nSPS) is 23.9. The number of nitrogens with zero attached hydrogens (tertiary/aromatic N) is 1. The van der Waals surface area contributed by atoms with Crippen molar-refractivity contribution in [1.82, 2.24) is 4.98 Å². The van der Waals surface area contributed by atoms with Gasteiger partial charge in [0.1, 0.15) is 5.82 Å². The molecule has 0 amide bonds. The van der Waals surface area contributed by atoms with Crippen LogP contribution in [0.5, 0.6) is 0 Å². The van der Waals surface area contributed by atoms with E-state index in [1.165, 1.54) is 0 Å². The summed E-state index contributed by atoms with van der Waals surface area (Å²) in [6.07, 6.45) is 4.37. The average Bonchev–Trinajstić information content (AvgIpc) is 2.71. The van der Waals surface area contributed by atoms with E-state index in [0.717, 1.165) is 37.3 Å². The van der Waals surface area contributed by atoms with Gasteiger partial charge in [0.15, 0.2) is 11.6 Å². The summed E-state index contributed by atoms with van der Waals surface area (Å²) in [5.41, 5.74) is 0. The molecule has 1 aliphatic carbocycles. The Morgan fingerprint density at radius 1 is 1.47 bits per heavy atom. The molecule has 0 spiro atoms. The highest BCUT2D eigenvalue weighted by molar-refractivity contribution is 7.99. The number of hydrogen-bond acceptors (Lipinski definition) is 3. The highest BCUT2D eigenvalue weighted by Crippen LogP contribution is 2.32. The van der Waals surface area contributed by atoms with Crippen molar-refractivity contribution in [2.75, 3.05) is 11.1 Å². The molecule has 5 heteroatoms. The molecule has 1 heterocycles. The van der Waals surface area contributed by atoms with Crippen LogP contribution < -0.4 is 5.32 Å². The van der Waals surface area contributed by atoms with Crippen molar-refractivity contribution in [1.29, 1.82) is 0 Å². The van der Waals surface area contributed by atoms with Gasteiger partial charge in [-0.1, -0.05) is 13.3 Å². The molecule has 0 aliphatic heterocycles. The zero-order chi connectivity index (χ0) is 12.3. The summed E-state index contributed by atoms with van der Waals surface area (Å²) in [4.78, 5) is 3.77. The van der Waals surface area contributed by atoms with Gasteiger partial charge in [-0.05, 0) is 18.6 Å². The molecule has 0 saturated heterocycles. The average molecular weight is 258 g/mol. The van der Waals surface area contributed by atoms with Gasteiger partial charge in [-0.3, -0.25) is 0 Å². The monoisotopic (exact) mass is 258 g/mol. The van der Waals surface area contributed by atoms with Crippen LogP contribution in [0.2, 0.25) is 0 Å². The van der Waals surface area contributed by atoms with Crippen molar-refractivity contribution in [3.8, 4) is 0 Å². The van der Waals surface area contributed by atoms with Gasteiger partial charge in [0, 0.05) is 17.4 Å². The molecule has 2 nitrogen and oxygen atoms in total. The largest absolute Gasteiger partial charge is 0.364 e. The lowest BCUT2D eigenvalue weighted by Crippen LogP contribution is -2.27. The standard InChI is InChI=1S/C12H16F2N2S/c1-2-17-11-5-3-4-10(11)16-12-9(14)6-8(13)7-15-12/h6-7,10-11H,2-5H2,1H3,(H,15,16). The van der Waals surface area contributed by atoms with Crippen molar-refractivity contribution < 1.29 is 8.78 Å². The molecule has 2 rings (SSSR count). The van der Waals surface area contributed by atoms with E-state index in [9.17, 15) is 8.78 Å². The Bertz CT molecular complexity index is 387. The molecule has 1 aromatic heterocycles. The lowest BCUT2D eigenvalue weighted by Gasteiger charge is -2.20. The van der Waals surface area contributed by atoms with Gasteiger partial charge in [0.05, 0.1) is 6.20 Å². The fourth-order valence-electron chi connectivity index (χ4n) is 2.20. The summed E-state index contributed by atoms with van der Waals surface area (Å²) in [6.45, 7) is 2.12. The second kappa shape index (κ2) is 5.67. The first-order valence-electron chi connectivity index (χ1n) is 5.90. The minimum Gasteiger partial charge on any atom is -0.364 e. The van der Waals surface area contributed by atoms with Gasteiger partial charge >= 0.3 is 0 Å². The van der Waals surface area contributed by atoms with Crippen molar-refractivity contribution in [2.24, 2.45) is 0 Å². The predicted molar refractivity (Wildman–Crippen MR) is 67.3 cm³/mol. The topological polar surface area (TPSA) is 24.9 Å². The van der Waals surface area contributed by atoms with Crippen molar-refractivity contribution >= 4 is 17.6 Å². The molecule has 1 fully saturated rings. The number of pyridine rings is 1. The highest BCUT2D eigenvalue weighted by atomic mass is 32.2. The van der Waals surface area contributed by atoms with E-state index in [0.29, 0.717) is 5.25 Å². The maximum absolute atomic E-state index is 13.4. The van der Waals surface area contributed by atoms with Crippen molar-refractivity contribution in [3.05, 3.63) is 23.9 Å². The van der Waals surface area contributed by atoms with Crippen LogP contribution in [-0.2, 0) is 0 Å². The Kier molecular flexibility index (Phi) is 4.20. The van der Waals surface area contributed by atoms with E-state index in [1.807, 2.05) is 11.8 Å². The number of hydrogen-bond donors (Lipinski definition) is 1. The molecule has 2 unspecified atom stereocenters. The van der Waals surface area contributed by atoms with E-state index < -0.39 is 11.6 Å². The third-order valence-electron chi connectivity index (χ3n) is 2.96. The summed E-state index contributed by atoms with van der Waals surface area (Å²) in [5.74, 6) is -0.0292. The lowest BCUT2D eigenvalue weighted by atomic mass is 10.2. The molecular weight excluding hydrogens is 242 g/mol. The van der Waals surface area contributed by atoms with Crippen LogP contribution >= 0.6 is 11.8 Å². The third-order valence-corrected chi connectivity index (χ3v) is 4.29. The van der Waals surface area contributed by atoms with Crippen LogP contribution in [0.3, 0.4) is 0 Å². The van der Waals surface area contributed by atoms with E-state index in [2.05, 4.69) is 17.2 Å².